The standard InChI is InChI=1S/C17H24ClNO3/c1-11(2)14(12-6-5-7-13(18)10-12)15(20)19-9-8-17(3,4)16(21)22/h5-7,10-11,14H,8-9H2,1-4H3,(H,19,20)(H,21,22). The lowest BCUT2D eigenvalue weighted by Crippen LogP contribution is -2.36. The molecule has 0 bridgehead atoms. The molecule has 0 heterocycles. The Bertz CT molecular complexity index is 540. The second-order valence-corrected chi connectivity index (χ2v) is 6.94. The Balaban J connectivity index is 2.73. The van der Waals surface area contributed by atoms with Gasteiger partial charge in [-0.25, -0.2) is 0 Å². The number of halogens is 1. The van der Waals surface area contributed by atoms with Gasteiger partial charge in [0.2, 0.25) is 5.91 Å². The lowest BCUT2D eigenvalue weighted by Gasteiger charge is -2.23. The third-order valence-corrected chi connectivity index (χ3v) is 4.02. The summed E-state index contributed by atoms with van der Waals surface area (Å²) in [6.07, 6.45) is 0.383. The summed E-state index contributed by atoms with van der Waals surface area (Å²) >= 11 is 6.00. The highest BCUT2D eigenvalue weighted by Crippen LogP contribution is 2.27. The molecule has 0 aliphatic rings. The molecule has 1 atom stereocenters. The van der Waals surface area contributed by atoms with Gasteiger partial charge in [0.05, 0.1) is 11.3 Å². The average Bonchev–Trinajstić information content (AvgIpc) is 2.38. The quantitative estimate of drug-likeness (QED) is 0.803. The number of rotatable bonds is 7. The molecule has 1 unspecified atom stereocenters. The fourth-order valence-corrected chi connectivity index (χ4v) is 2.45. The van der Waals surface area contributed by atoms with Gasteiger partial charge in [0, 0.05) is 11.6 Å². The van der Waals surface area contributed by atoms with Crippen molar-refractivity contribution in [3.8, 4) is 0 Å². The number of carboxylic acid groups (broad SMARTS) is 1. The molecule has 122 valence electrons. The zero-order valence-corrected chi connectivity index (χ0v) is 14.3. The summed E-state index contributed by atoms with van der Waals surface area (Å²) in [7, 11) is 0. The van der Waals surface area contributed by atoms with Crippen molar-refractivity contribution >= 4 is 23.5 Å². The first-order valence-electron chi connectivity index (χ1n) is 7.41. The Kier molecular flexibility index (Phi) is 6.42. The molecular formula is C17H24ClNO3. The van der Waals surface area contributed by atoms with Crippen molar-refractivity contribution in [2.45, 2.75) is 40.0 Å². The molecule has 5 heteroatoms. The summed E-state index contributed by atoms with van der Waals surface area (Å²) in [5.74, 6) is -1.15. The van der Waals surface area contributed by atoms with E-state index in [-0.39, 0.29) is 17.7 Å². The number of carbonyl (C=O) groups excluding carboxylic acids is 1. The summed E-state index contributed by atoms with van der Waals surface area (Å²) in [6, 6.07) is 7.29. The third kappa shape index (κ3) is 5.02. The van der Waals surface area contributed by atoms with Gasteiger partial charge in [0.1, 0.15) is 0 Å². The topological polar surface area (TPSA) is 66.4 Å². The lowest BCUT2D eigenvalue weighted by atomic mass is 9.87. The van der Waals surface area contributed by atoms with Gasteiger partial charge in [-0.05, 0) is 43.9 Å². The molecule has 0 saturated carbocycles. The summed E-state index contributed by atoms with van der Waals surface area (Å²) in [6.45, 7) is 7.59. The Morgan fingerprint density at radius 2 is 1.95 bits per heavy atom. The third-order valence-electron chi connectivity index (χ3n) is 3.79. The van der Waals surface area contributed by atoms with Crippen molar-refractivity contribution in [2.75, 3.05) is 6.54 Å². The predicted molar refractivity (Wildman–Crippen MR) is 88.1 cm³/mol. The van der Waals surface area contributed by atoms with E-state index in [1.165, 1.54) is 0 Å². The molecule has 1 aromatic rings. The average molecular weight is 326 g/mol. The largest absolute Gasteiger partial charge is 0.481 e. The Morgan fingerprint density at radius 1 is 1.32 bits per heavy atom. The number of hydrogen-bond donors (Lipinski definition) is 2. The van der Waals surface area contributed by atoms with Crippen molar-refractivity contribution in [3.05, 3.63) is 34.9 Å². The number of aliphatic carboxylic acids is 1. The van der Waals surface area contributed by atoms with Crippen LogP contribution in [0.4, 0.5) is 0 Å². The zero-order chi connectivity index (χ0) is 16.9. The normalized spacial score (nSPS) is 13.0. The van der Waals surface area contributed by atoms with Crippen LogP contribution < -0.4 is 5.32 Å². The molecule has 0 aromatic heterocycles. The first kappa shape index (κ1) is 18.5. The molecule has 2 N–H and O–H groups in total. The SMILES string of the molecule is CC(C)C(C(=O)NCCC(C)(C)C(=O)O)c1cccc(Cl)c1. The van der Waals surface area contributed by atoms with Crippen molar-refractivity contribution in [1.82, 2.24) is 5.32 Å². The van der Waals surface area contributed by atoms with Crippen LogP contribution in [0.1, 0.15) is 45.6 Å². The molecule has 4 nitrogen and oxygen atoms in total. The predicted octanol–water partition coefficient (Wildman–Crippen LogP) is 3.70. The van der Waals surface area contributed by atoms with Crippen LogP contribution in [0.2, 0.25) is 5.02 Å². The van der Waals surface area contributed by atoms with Crippen LogP contribution in [-0.2, 0) is 9.59 Å². The minimum Gasteiger partial charge on any atom is -0.481 e. The van der Waals surface area contributed by atoms with Gasteiger partial charge in [0.15, 0.2) is 0 Å². The van der Waals surface area contributed by atoms with Crippen LogP contribution in [0, 0.1) is 11.3 Å². The summed E-state index contributed by atoms with van der Waals surface area (Å²) in [4.78, 5) is 23.5. The van der Waals surface area contributed by atoms with Crippen LogP contribution in [0.5, 0.6) is 0 Å². The van der Waals surface area contributed by atoms with E-state index in [2.05, 4.69) is 5.32 Å². The zero-order valence-electron chi connectivity index (χ0n) is 13.5. The number of nitrogens with one attached hydrogen (secondary N) is 1. The molecule has 1 aromatic carbocycles. The van der Waals surface area contributed by atoms with E-state index in [4.69, 9.17) is 16.7 Å². The molecule has 0 saturated heterocycles. The monoisotopic (exact) mass is 325 g/mol. The van der Waals surface area contributed by atoms with Gasteiger partial charge < -0.3 is 10.4 Å². The Hall–Kier alpha value is -1.55. The van der Waals surface area contributed by atoms with Crippen molar-refractivity contribution in [3.63, 3.8) is 0 Å². The molecule has 1 rings (SSSR count). The first-order chi connectivity index (χ1) is 10.1. The van der Waals surface area contributed by atoms with Gasteiger partial charge in [-0.1, -0.05) is 37.6 Å². The van der Waals surface area contributed by atoms with Crippen LogP contribution >= 0.6 is 11.6 Å². The molecule has 0 aliphatic heterocycles. The minimum atomic E-state index is -0.864. The van der Waals surface area contributed by atoms with Crippen LogP contribution in [0.25, 0.3) is 0 Å². The van der Waals surface area contributed by atoms with E-state index < -0.39 is 11.4 Å². The molecular weight excluding hydrogens is 302 g/mol. The lowest BCUT2D eigenvalue weighted by molar-refractivity contribution is -0.147. The maximum Gasteiger partial charge on any atom is 0.309 e. The van der Waals surface area contributed by atoms with E-state index in [0.29, 0.717) is 18.0 Å². The van der Waals surface area contributed by atoms with E-state index in [9.17, 15) is 9.59 Å². The fourth-order valence-electron chi connectivity index (χ4n) is 2.25. The van der Waals surface area contributed by atoms with E-state index in [0.717, 1.165) is 5.56 Å². The van der Waals surface area contributed by atoms with Crippen molar-refractivity contribution in [2.24, 2.45) is 11.3 Å². The summed E-state index contributed by atoms with van der Waals surface area (Å²) < 4.78 is 0. The van der Waals surface area contributed by atoms with Gasteiger partial charge in [-0.3, -0.25) is 9.59 Å². The van der Waals surface area contributed by atoms with E-state index in [1.807, 2.05) is 26.0 Å². The molecule has 0 aliphatic carbocycles. The summed E-state index contributed by atoms with van der Waals surface area (Å²) in [5, 5.41) is 12.5. The van der Waals surface area contributed by atoms with E-state index in [1.54, 1.807) is 26.0 Å². The first-order valence-corrected chi connectivity index (χ1v) is 7.79. The number of hydrogen-bond acceptors (Lipinski definition) is 2. The molecule has 0 radical (unpaired) electrons. The molecule has 22 heavy (non-hydrogen) atoms. The van der Waals surface area contributed by atoms with Crippen LogP contribution in [-0.4, -0.2) is 23.5 Å². The highest BCUT2D eigenvalue weighted by Gasteiger charge is 2.28. The molecule has 0 fully saturated rings. The maximum absolute atomic E-state index is 12.5. The van der Waals surface area contributed by atoms with Gasteiger partial charge >= 0.3 is 5.97 Å². The van der Waals surface area contributed by atoms with Crippen molar-refractivity contribution < 1.29 is 14.7 Å². The molecule has 1 amide bonds. The number of carbonyl (C=O) groups is 2. The van der Waals surface area contributed by atoms with Gasteiger partial charge in [-0.2, -0.15) is 0 Å². The second-order valence-electron chi connectivity index (χ2n) is 6.51. The van der Waals surface area contributed by atoms with Crippen molar-refractivity contribution in [1.29, 1.82) is 0 Å². The maximum atomic E-state index is 12.5. The highest BCUT2D eigenvalue weighted by atomic mass is 35.5. The number of carboxylic acids is 1. The van der Waals surface area contributed by atoms with Crippen LogP contribution in [0.15, 0.2) is 24.3 Å². The molecule has 0 spiro atoms. The van der Waals surface area contributed by atoms with Crippen LogP contribution in [0.3, 0.4) is 0 Å². The van der Waals surface area contributed by atoms with Gasteiger partial charge in [-0.15, -0.1) is 0 Å². The summed E-state index contributed by atoms with van der Waals surface area (Å²) in [5.41, 5.74) is 0.0221. The number of benzene rings is 1. The second kappa shape index (κ2) is 7.63. The smallest absolute Gasteiger partial charge is 0.309 e. The fraction of sp³-hybridized carbons (Fsp3) is 0.529. The van der Waals surface area contributed by atoms with E-state index >= 15 is 0 Å². The number of amides is 1. The Labute approximate surface area is 136 Å². The van der Waals surface area contributed by atoms with Gasteiger partial charge in [0.25, 0.3) is 0 Å². The highest BCUT2D eigenvalue weighted by molar-refractivity contribution is 6.30. The minimum absolute atomic E-state index is 0.0987. The Morgan fingerprint density at radius 3 is 2.45 bits per heavy atom.